The van der Waals surface area contributed by atoms with Crippen molar-refractivity contribution in [2.75, 3.05) is 12.3 Å². The maximum Gasteiger partial charge on any atom is 0.219 e. The van der Waals surface area contributed by atoms with Gasteiger partial charge in [-0.1, -0.05) is 18.7 Å². The average Bonchev–Trinajstić information content (AvgIpc) is 2.52. The predicted molar refractivity (Wildman–Crippen MR) is 55.8 cm³/mol. The van der Waals surface area contributed by atoms with Crippen molar-refractivity contribution in [3.8, 4) is 0 Å². The van der Waals surface area contributed by atoms with E-state index in [4.69, 9.17) is 5.73 Å². The summed E-state index contributed by atoms with van der Waals surface area (Å²) >= 11 is 1.71. The van der Waals surface area contributed by atoms with Crippen LogP contribution in [0.3, 0.4) is 0 Å². The van der Waals surface area contributed by atoms with Crippen LogP contribution in [0.4, 0.5) is 0 Å². The standard InChI is InChI=1S/C8H15N3OS/c1-2-6-5-13-8(11-6)10-4-3-7(9)12/h6H,2-5H2,1H3,(H2,9,12)(H,10,11). The fourth-order valence-electron chi connectivity index (χ4n) is 1.02. The van der Waals surface area contributed by atoms with E-state index in [1.54, 1.807) is 11.8 Å². The van der Waals surface area contributed by atoms with Crippen LogP contribution in [0.15, 0.2) is 4.99 Å². The van der Waals surface area contributed by atoms with E-state index in [9.17, 15) is 4.79 Å². The van der Waals surface area contributed by atoms with Gasteiger partial charge in [-0.05, 0) is 6.42 Å². The molecule has 1 rings (SSSR count). The lowest BCUT2D eigenvalue weighted by atomic mass is 10.3. The minimum Gasteiger partial charge on any atom is -0.370 e. The van der Waals surface area contributed by atoms with Crippen molar-refractivity contribution in [3.05, 3.63) is 0 Å². The van der Waals surface area contributed by atoms with Crippen LogP contribution in [0.2, 0.25) is 0 Å². The number of aliphatic imine (C=N–C) groups is 1. The number of nitrogens with zero attached hydrogens (tertiary/aromatic N) is 1. The van der Waals surface area contributed by atoms with Crippen LogP contribution in [0.1, 0.15) is 19.8 Å². The zero-order valence-corrected chi connectivity index (χ0v) is 8.56. The SMILES string of the molecule is CCC1CSC(=NCCC(N)=O)N1. The van der Waals surface area contributed by atoms with E-state index in [1.807, 2.05) is 0 Å². The van der Waals surface area contributed by atoms with Crippen molar-refractivity contribution in [3.63, 3.8) is 0 Å². The average molecular weight is 201 g/mol. The molecule has 1 unspecified atom stereocenters. The molecular weight excluding hydrogens is 186 g/mol. The Morgan fingerprint density at radius 1 is 1.85 bits per heavy atom. The van der Waals surface area contributed by atoms with Gasteiger partial charge in [0.15, 0.2) is 5.17 Å². The molecular formula is C8H15N3OS. The molecule has 0 radical (unpaired) electrons. The number of primary amides is 1. The van der Waals surface area contributed by atoms with Gasteiger partial charge in [-0.3, -0.25) is 9.79 Å². The van der Waals surface area contributed by atoms with Crippen LogP contribution in [0, 0.1) is 0 Å². The topological polar surface area (TPSA) is 67.5 Å². The molecule has 1 atom stereocenters. The van der Waals surface area contributed by atoms with Crippen LogP contribution in [-0.4, -0.2) is 29.4 Å². The first-order chi connectivity index (χ1) is 6.22. The zero-order valence-electron chi connectivity index (χ0n) is 7.75. The highest BCUT2D eigenvalue weighted by molar-refractivity contribution is 8.14. The van der Waals surface area contributed by atoms with Gasteiger partial charge in [0, 0.05) is 18.2 Å². The monoisotopic (exact) mass is 201 g/mol. The second kappa shape index (κ2) is 5.11. The van der Waals surface area contributed by atoms with E-state index in [0.717, 1.165) is 17.3 Å². The van der Waals surface area contributed by atoms with Crippen LogP contribution in [0.25, 0.3) is 0 Å². The summed E-state index contributed by atoms with van der Waals surface area (Å²) in [6.07, 6.45) is 1.45. The van der Waals surface area contributed by atoms with Gasteiger partial charge in [-0.2, -0.15) is 0 Å². The van der Waals surface area contributed by atoms with Gasteiger partial charge in [-0.15, -0.1) is 0 Å². The number of nitrogens with two attached hydrogens (primary N) is 1. The van der Waals surface area contributed by atoms with Gasteiger partial charge >= 0.3 is 0 Å². The third-order valence-corrected chi connectivity index (χ3v) is 2.94. The lowest BCUT2D eigenvalue weighted by Gasteiger charge is -2.04. The highest BCUT2D eigenvalue weighted by Gasteiger charge is 2.17. The second-order valence-electron chi connectivity index (χ2n) is 2.96. The summed E-state index contributed by atoms with van der Waals surface area (Å²) in [5.74, 6) is 0.783. The van der Waals surface area contributed by atoms with E-state index in [2.05, 4.69) is 17.2 Å². The molecule has 74 valence electrons. The molecule has 1 heterocycles. The quantitative estimate of drug-likeness (QED) is 0.689. The number of thioether (sulfide) groups is 1. The number of rotatable bonds is 4. The maximum atomic E-state index is 10.4. The summed E-state index contributed by atoms with van der Waals surface area (Å²) in [5, 5.41) is 4.23. The first-order valence-electron chi connectivity index (χ1n) is 4.44. The van der Waals surface area contributed by atoms with Crippen molar-refractivity contribution < 1.29 is 4.79 Å². The van der Waals surface area contributed by atoms with Crippen LogP contribution >= 0.6 is 11.8 Å². The summed E-state index contributed by atoms with van der Waals surface area (Å²) < 4.78 is 0. The summed E-state index contributed by atoms with van der Waals surface area (Å²) in [6, 6.07) is 0.539. The van der Waals surface area contributed by atoms with Crippen molar-refractivity contribution in [1.29, 1.82) is 0 Å². The van der Waals surface area contributed by atoms with E-state index in [0.29, 0.717) is 19.0 Å². The molecule has 0 bridgehead atoms. The Balaban J connectivity index is 2.25. The highest BCUT2D eigenvalue weighted by atomic mass is 32.2. The summed E-state index contributed by atoms with van der Waals surface area (Å²) in [4.78, 5) is 14.6. The van der Waals surface area contributed by atoms with E-state index >= 15 is 0 Å². The van der Waals surface area contributed by atoms with Crippen molar-refractivity contribution >= 4 is 22.8 Å². The third-order valence-electron chi connectivity index (χ3n) is 1.86. The summed E-state index contributed by atoms with van der Waals surface area (Å²) in [7, 11) is 0. The fraction of sp³-hybridized carbons (Fsp3) is 0.750. The number of hydrogen-bond donors (Lipinski definition) is 2. The summed E-state index contributed by atoms with van der Waals surface area (Å²) in [6.45, 7) is 2.64. The van der Waals surface area contributed by atoms with Gasteiger partial charge in [0.1, 0.15) is 0 Å². The number of carbonyl (C=O) groups is 1. The number of hydrogen-bond acceptors (Lipinski definition) is 3. The number of nitrogens with one attached hydrogen (secondary N) is 1. The first kappa shape index (κ1) is 10.4. The van der Waals surface area contributed by atoms with Crippen LogP contribution < -0.4 is 11.1 Å². The van der Waals surface area contributed by atoms with Crippen LogP contribution in [-0.2, 0) is 4.79 Å². The van der Waals surface area contributed by atoms with E-state index in [1.165, 1.54) is 0 Å². The number of carbonyl (C=O) groups excluding carboxylic acids is 1. The molecule has 0 aromatic carbocycles. The molecule has 0 spiro atoms. The van der Waals surface area contributed by atoms with E-state index in [-0.39, 0.29) is 5.91 Å². The number of amidine groups is 1. The molecule has 0 aromatic heterocycles. The molecule has 13 heavy (non-hydrogen) atoms. The molecule has 1 aliphatic heterocycles. The normalized spacial score (nSPS) is 24.7. The summed E-state index contributed by atoms with van der Waals surface area (Å²) in [5.41, 5.74) is 5.00. The molecule has 1 aliphatic rings. The molecule has 0 aromatic rings. The maximum absolute atomic E-state index is 10.4. The highest BCUT2D eigenvalue weighted by Crippen LogP contribution is 2.15. The van der Waals surface area contributed by atoms with Crippen LogP contribution in [0.5, 0.6) is 0 Å². The van der Waals surface area contributed by atoms with E-state index < -0.39 is 0 Å². The molecule has 1 fully saturated rings. The van der Waals surface area contributed by atoms with Crippen molar-refractivity contribution in [1.82, 2.24) is 5.32 Å². The molecule has 4 nitrogen and oxygen atoms in total. The lowest BCUT2D eigenvalue weighted by molar-refractivity contribution is -0.117. The Hall–Kier alpha value is -0.710. The molecule has 0 saturated carbocycles. The van der Waals surface area contributed by atoms with Gasteiger partial charge in [0.05, 0.1) is 6.54 Å². The van der Waals surface area contributed by atoms with Crippen molar-refractivity contribution in [2.24, 2.45) is 10.7 Å². The Labute approximate surface area is 82.4 Å². The molecule has 0 aliphatic carbocycles. The fourth-order valence-corrected chi connectivity index (χ4v) is 2.13. The minimum absolute atomic E-state index is 0.292. The molecule has 1 amide bonds. The molecule has 3 N–H and O–H groups in total. The van der Waals surface area contributed by atoms with Gasteiger partial charge in [0.2, 0.25) is 5.91 Å². The third kappa shape index (κ3) is 3.67. The minimum atomic E-state index is -0.292. The second-order valence-corrected chi connectivity index (χ2v) is 3.97. The molecule has 1 saturated heterocycles. The zero-order chi connectivity index (χ0) is 9.68. The molecule has 5 heteroatoms. The van der Waals surface area contributed by atoms with Gasteiger partial charge in [-0.25, -0.2) is 0 Å². The van der Waals surface area contributed by atoms with Crippen molar-refractivity contribution in [2.45, 2.75) is 25.8 Å². The largest absolute Gasteiger partial charge is 0.370 e. The van der Waals surface area contributed by atoms with Gasteiger partial charge in [0.25, 0.3) is 0 Å². The smallest absolute Gasteiger partial charge is 0.219 e. The Bertz CT molecular complexity index is 217. The Morgan fingerprint density at radius 2 is 2.62 bits per heavy atom. The Kier molecular flexibility index (Phi) is 4.08. The first-order valence-corrected chi connectivity index (χ1v) is 5.43. The number of amides is 1. The lowest BCUT2D eigenvalue weighted by Crippen LogP contribution is -2.26. The Morgan fingerprint density at radius 3 is 3.15 bits per heavy atom. The predicted octanol–water partition coefficient (Wildman–Crippen LogP) is 0.333. The van der Waals surface area contributed by atoms with Gasteiger partial charge < -0.3 is 11.1 Å².